The van der Waals surface area contributed by atoms with Gasteiger partial charge in [-0.2, -0.15) is 0 Å². The van der Waals surface area contributed by atoms with Gasteiger partial charge in [-0.1, -0.05) is 12.1 Å². The molecular formula is C19H21N5OS. The molecule has 1 saturated heterocycles. The maximum Gasteiger partial charge on any atom is 0.222 e. The van der Waals surface area contributed by atoms with Crippen molar-refractivity contribution in [1.82, 2.24) is 9.97 Å². The number of anilines is 2. The maximum absolute atomic E-state index is 11.5. The SMILES string of the molecule is NC(=O)C1CCCN(c2ccc(CNc3ncnc4sccc34)cc2)C1. The van der Waals surface area contributed by atoms with Gasteiger partial charge in [-0.3, -0.25) is 4.79 Å². The van der Waals surface area contributed by atoms with Crippen molar-refractivity contribution in [1.29, 1.82) is 0 Å². The molecule has 134 valence electrons. The molecule has 7 heteroatoms. The molecule has 3 heterocycles. The Morgan fingerprint density at radius 3 is 2.92 bits per heavy atom. The number of carbonyl (C=O) groups excluding carboxylic acids is 1. The average Bonchev–Trinajstić information content (AvgIpc) is 3.16. The molecule has 1 amide bonds. The molecule has 1 aliphatic rings. The molecule has 1 aliphatic heterocycles. The number of hydrogen-bond acceptors (Lipinski definition) is 6. The van der Waals surface area contributed by atoms with E-state index in [2.05, 4.69) is 44.5 Å². The number of nitrogens with one attached hydrogen (secondary N) is 1. The summed E-state index contributed by atoms with van der Waals surface area (Å²) >= 11 is 1.61. The Kier molecular flexibility index (Phi) is 4.71. The number of primary amides is 1. The van der Waals surface area contributed by atoms with Gasteiger partial charge >= 0.3 is 0 Å². The third-order valence-electron chi connectivity index (χ3n) is 4.85. The molecule has 1 atom stereocenters. The molecule has 0 radical (unpaired) electrons. The molecule has 3 aromatic rings. The Bertz CT molecular complexity index is 908. The summed E-state index contributed by atoms with van der Waals surface area (Å²) in [6, 6.07) is 10.5. The van der Waals surface area contributed by atoms with E-state index in [0.717, 1.165) is 41.1 Å². The minimum absolute atomic E-state index is 0.0455. The lowest BCUT2D eigenvalue weighted by Crippen LogP contribution is -2.41. The van der Waals surface area contributed by atoms with Gasteiger partial charge in [-0.25, -0.2) is 9.97 Å². The zero-order valence-corrected chi connectivity index (χ0v) is 15.2. The van der Waals surface area contributed by atoms with Crippen LogP contribution in [0.5, 0.6) is 0 Å². The monoisotopic (exact) mass is 367 g/mol. The van der Waals surface area contributed by atoms with Gasteiger partial charge in [0.2, 0.25) is 5.91 Å². The normalized spacial score (nSPS) is 17.4. The lowest BCUT2D eigenvalue weighted by atomic mass is 9.97. The van der Waals surface area contributed by atoms with Crippen molar-refractivity contribution in [2.45, 2.75) is 19.4 Å². The topological polar surface area (TPSA) is 84.1 Å². The van der Waals surface area contributed by atoms with E-state index in [9.17, 15) is 4.79 Å². The van der Waals surface area contributed by atoms with Crippen LogP contribution in [0.4, 0.5) is 11.5 Å². The first kappa shape index (κ1) is 16.8. The Labute approximate surface area is 156 Å². The summed E-state index contributed by atoms with van der Waals surface area (Å²) in [6.45, 7) is 2.38. The number of piperidine rings is 1. The first-order valence-electron chi connectivity index (χ1n) is 8.76. The number of hydrogen-bond donors (Lipinski definition) is 2. The maximum atomic E-state index is 11.5. The molecule has 0 aliphatic carbocycles. The summed E-state index contributed by atoms with van der Waals surface area (Å²) in [4.78, 5) is 23.3. The van der Waals surface area contributed by atoms with E-state index in [1.54, 1.807) is 17.7 Å². The van der Waals surface area contributed by atoms with Crippen LogP contribution in [-0.2, 0) is 11.3 Å². The number of benzene rings is 1. The highest BCUT2D eigenvalue weighted by Crippen LogP contribution is 2.25. The van der Waals surface area contributed by atoms with E-state index in [1.807, 2.05) is 11.4 Å². The van der Waals surface area contributed by atoms with Crippen molar-refractivity contribution in [2.24, 2.45) is 11.7 Å². The van der Waals surface area contributed by atoms with E-state index in [4.69, 9.17) is 5.73 Å². The smallest absolute Gasteiger partial charge is 0.222 e. The number of carbonyl (C=O) groups is 1. The highest BCUT2D eigenvalue weighted by atomic mass is 32.1. The molecule has 1 unspecified atom stereocenters. The van der Waals surface area contributed by atoms with Crippen molar-refractivity contribution in [2.75, 3.05) is 23.3 Å². The summed E-state index contributed by atoms with van der Waals surface area (Å²) in [5.74, 6) is 0.622. The predicted octanol–water partition coefficient (Wildman–Crippen LogP) is 3.01. The van der Waals surface area contributed by atoms with Crippen molar-refractivity contribution in [3.8, 4) is 0 Å². The number of nitrogens with zero attached hydrogens (tertiary/aromatic N) is 3. The summed E-state index contributed by atoms with van der Waals surface area (Å²) in [5.41, 5.74) is 7.80. The number of rotatable bonds is 5. The fourth-order valence-electron chi connectivity index (χ4n) is 3.39. The molecule has 6 nitrogen and oxygen atoms in total. The molecule has 0 spiro atoms. The predicted molar refractivity (Wildman–Crippen MR) is 105 cm³/mol. The summed E-state index contributed by atoms with van der Waals surface area (Å²) in [6.07, 6.45) is 3.49. The first-order valence-corrected chi connectivity index (χ1v) is 9.64. The number of fused-ring (bicyclic) bond motifs is 1. The second-order valence-corrected chi connectivity index (χ2v) is 7.46. The fourth-order valence-corrected chi connectivity index (χ4v) is 4.12. The zero-order valence-electron chi connectivity index (χ0n) is 14.4. The number of nitrogens with two attached hydrogens (primary N) is 1. The van der Waals surface area contributed by atoms with Gasteiger partial charge < -0.3 is 16.0 Å². The molecule has 0 bridgehead atoms. The molecule has 1 fully saturated rings. The van der Waals surface area contributed by atoms with Crippen molar-refractivity contribution >= 4 is 39.0 Å². The molecule has 4 rings (SSSR count). The van der Waals surface area contributed by atoms with E-state index in [1.165, 1.54) is 5.56 Å². The molecule has 2 aromatic heterocycles. The van der Waals surface area contributed by atoms with Crippen LogP contribution in [0.1, 0.15) is 18.4 Å². The van der Waals surface area contributed by atoms with E-state index in [-0.39, 0.29) is 11.8 Å². The van der Waals surface area contributed by atoms with Gasteiger partial charge in [0.05, 0.1) is 11.3 Å². The van der Waals surface area contributed by atoms with Gasteiger partial charge in [-0.15, -0.1) is 11.3 Å². The van der Waals surface area contributed by atoms with Gasteiger partial charge in [-0.05, 0) is 42.0 Å². The number of thiophene rings is 1. The van der Waals surface area contributed by atoms with Crippen LogP contribution < -0.4 is 16.0 Å². The highest BCUT2D eigenvalue weighted by Gasteiger charge is 2.23. The molecular weight excluding hydrogens is 346 g/mol. The van der Waals surface area contributed by atoms with Crippen molar-refractivity contribution < 1.29 is 4.79 Å². The van der Waals surface area contributed by atoms with Crippen molar-refractivity contribution in [3.63, 3.8) is 0 Å². The Hall–Kier alpha value is -2.67. The summed E-state index contributed by atoms with van der Waals surface area (Å²) in [7, 11) is 0. The quantitative estimate of drug-likeness (QED) is 0.724. The number of amides is 1. The fraction of sp³-hybridized carbons (Fsp3) is 0.316. The van der Waals surface area contributed by atoms with E-state index in [0.29, 0.717) is 13.1 Å². The van der Waals surface area contributed by atoms with Crippen LogP contribution in [0.25, 0.3) is 10.2 Å². The third-order valence-corrected chi connectivity index (χ3v) is 5.67. The standard InChI is InChI=1S/C19H21N5OS/c20-17(25)14-2-1-8-24(11-14)15-5-3-13(4-6-15)10-21-18-16-7-9-26-19(16)23-12-22-18/h3-7,9,12,14H,1-2,8,10-11H2,(H2,20,25)(H,21,22,23). The molecule has 3 N–H and O–H groups in total. The van der Waals surface area contributed by atoms with Crippen LogP contribution in [0.3, 0.4) is 0 Å². The summed E-state index contributed by atoms with van der Waals surface area (Å²) in [5, 5.41) is 6.47. The van der Waals surface area contributed by atoms with Crippen LogP contribution in [0, 0.1) is 5.92 Å². The lowest BCUT2D eigenvalue weighted by Gasteiger charge is -2.33. The lowest BCUT2D eigenvalue weighted by molar-refractivity contribution is -0.122. The van der Waals surface area contributed by atoms with Crippen LogP contribution >= 0.6 is 11.3 Å². The van der Waals surface area contributed by atoms with Gasteiger partial charge in [0.1, 0.15) is 17.0 Å². The second-order valence-electron chi connectivity index (χ2n) is 6.57. The largest absolute Gasteiger partial charge is 0.371 e. The minimum Gasteiger partial charge on any atom is -0.371 e. The number of aromatic nitrogens is 2. The Morgan fingerprint density at radius 1 is 1.27 bits per heavy atom. The zero-order chi connectivity index (χ0) is 17.9. The van der Waals surface area contributed by atoms with Crippen molar-refractivity contribution in [3.05, 3.63) is 47.6 Å². The van der Waals surface area contributed by atoms with Gasteiger partial charge in [0.15, 0.2) is 0 Å². The Morgan fingerprint density at radius 2 is 2.12 bits per heavy atom. The third kappa shape index (κ3) is 3.48. The first-order chi connectivity index (χ1) is 12.7. The molecule has 26 heavy (non-hydrogen) atoms. The van der Waals surface area contributed by atoms with Crippen LogP contribution in [0.2, 0.25) is 0 Å². The molecule has 1 aromatic carbocycles. The molecule has 0 saturated carbocycles. The highest BCUT2D eigenvalue weighted by molar-refractivity contribution is 7.16. The summed E-state index contributed by atoms with van der Waals surface area (Å²) < 4.78 is 0. The van der Waals surface area contributed by atoms with E-state index >= 15 is 0 Å². The van der Waals surface area contributed by atoms with E-state index < -0.39 is 0 Å². The minimum atomic E-state index is -0.194. The Balaban J connectivity index is 1.41. The van der Waals surface area contributed by atoms with Crippen LogP contribution in [0.15, 0.2) is 42.0 Å². The van der Waals surface area contributed by atoms with Gasteiger partial charge in [0, 0.05) is 25.3 Å². The van der Waals surface area contributed by atoms with Crippen LogP contribution in [-0.4, -0.2) is 29.0 Å². The van der Waals surface area contributed by atoms with Gasteiger partial charge in [0.25, 0.3) is 0 Å². The second kappa shape index (κ2) is 7.29. The average molecular weight is 367 g/mol.